The van der Waals surface area contributed by atoms with Gasteiger partial charge in [0.25, 0.3) is 0 Å². The fourth-order valence-corrected chi connectivity index (χ4v) is 4.06. The number of phenolic OH excluding ortho intramolecular Hbond substituents is 1. The van der Waals surface area contributed by atoms with Crippen LogP contribution in [0.5, 0.6) is 11.5 Å². The van der Waals surface area contributed by atoms with Crippen molar-refractivity contribution < 1.29 is 14.6 Å². The first-order chi connectivity index (χ1) is 17.3. The minimum absolute atomic E-state index is 0.155. The van der Waals surface area contributed by atoms with Crippen molar-refractivity contribution in [1.82, 2.24) is 5.43 Å². The third-order valence-electron chi connectivity index (χ3n) is 6.37. The normalized spacial score (nSPS) is 12.1. The summed E-state index contributed by atoms with van der Waals surface area (Å²) < 4.78 is 5.88. The number of hydrogen-bond acceptors (Lipinski definition) is 4. The monoisotopic (exact) mass is 500 g/mol. The molecule has 0 aliphatic carbocycles. The van der Waals surface area contributed by atoms with E-state index >= 15 is 0 Å². The molecule has 5 heteroatoms. The summed E-state index contributed by atoms with van der Waals surface area (Å²) >= 11 is 0. The van der Waals surface area contributed by atoms with Crippen LogP contribution in [0.4, 0.5) is 0 Å². The predicted octanol–water partition coefficient (Wildman–Crippen LogP) is 6.96. The van der Waals surface area contributed by atoms with Crippen LogP contribution in [-0.2, 0) is 28.7 Å². The zero-order valence-corrected chi connectivity index (χ0v) is 23.2. The number of hydrazone groups is 1. The summed E-state index contributed by atoms with van der Waals surface area (Å²) in [5, 5.41) is 15.0. The molecular weight excluding hydrogens is 460 g/mol. The molecule has 0 unspecified atom stereocenters. The molecule has 0 spiro atoms. The molecule has 3 rings (SSSR count). The Kier molecular flexibility index (Phi) is 8.80. The standard InChI is InChI=1S/C32H40N2O3/c1-22-10-8-9-11-25(22)21-37-26-15-12-23(13-16-26)20-33-34-29(35)17-14-24-18-27(31(2,3)4)30(36)28(19-24)32(5,6)7/h8-13,15-16,18-20,36H,14,17,21H2,1-7H3,(H,34,35)/b33-20-. The maximum absolute atomic E-state index is 12.4. The smallest absolute Gasteiger partial charge is 0.240 e. The lowest BCUT2D eigenvalue weighted by atomic mass is 9.78. The molecule has 0 fully saturated rings. The third kappa shape index (κ3) is 7.94. The van der Waals surface area contributed by atoms with E-state index in [0.717, 1.165) is 33.6 Å². The van der Waals surface area contributed by atoms with Crippen LogP contribution in [0.2, 0.25) is 0 Å². The van der Waals surface area contributed by atoms with Crippen molar-refractivity contribution in [1.29, 1.82) is 0 Å². The van der Waals surface area contributed by atoms with E-state index in [-0.39, 0.29) is 16.7 Å². The quantitative estimate of drug-likeness (QED) is 0.259. The van der Waals surface area contributed by atoms with E-state index in [4.69, 9.17) is 4.74 Å². The van der Waals surface area contributed by atoms with Crippen molar-refractivity contribution in [2.45, 2.75) is 78.7 Å². The predicted molar refractivity (Wildman–Crippen MR) is 152 cm³/mol. The molecule has 0 aromatic heterocycles. The molecule has 0 saturated carbocycles. The number of carbonyl (C=O) groups excluding carboxylic acids is 1. The number of phenols is 1. The van der Waals surface area contributed by atoms with Gasteiger partial charge in [-0.15, -0.1) is 0 Å². The number of aryl methyl sites for hydroxylation is 2. The number of rotatable bonds is 8. The summed E-state index contributed by atoms with van der Waals surface area (Å²) in [5.74, 6) is 0.976. The first-order valence-electron chi connectivity index (χ1n) is 12.8. The number of carbonyl (C=O) groups is 1. The highest BCUT2D eigenvalue weighted by molar-refractivity contribution is 5.82. The van der Waals surface area contributed by atoms with Gasteiger partial charge in [0.15, 0.2) is 0 Å². The molecule has 3 aromatic carbocycles. The highest BCUT2D eigenvalue weighted by Crippen LogP contribution is 2.40. The molecule has 0 aliphatic heterocycles. The van der Waals surface area contributed by atoms with Gasteiger partial charge in [0.05, 0.1) is 6.21 Å². The first-order valence-corrected chi connectivity index (χ1v) is 12.8. The zero-order valence-electron chi connectivity index (χ0n) is 23.2. The average molecular weight is 501 g/mol. The van der Waals surface area contributed by atoms with Gasteiger partial charge in [-0.3, -0.25) is 4.79 Å². The average Bonchev–Trinajstić information content (AvgIpc) is 2.82. The Balaban J connectivity index is 1.55. The highest BCUT2D eigenvalue weighted by atomic mass is 16.5. The first kappa shape index (κ1) is 28.0. The van der Waals surface area contributed by atoms with Crippen LogP contribution < -0.4 is 10.2 Å². The summed E-state index contributed by atoms with van der Waals surface area (Å²) in [6.45, 7) is 15.1. The van der Waals surface area contributed by atoms with Crippen LogP contribution in [0.3, 0.4) is 0 Å². The van der Waals surface area contributed by atoms with Crippen molar-refractivity contribution >= 4 is 12.1 Å². The van der Waals surface area contributed by atoms with Gasteiger partial charge < -0.3 is 9.84 Å². The van der Waals surface area contributed by atoms with Crippen molar-refractivity contribution in [3.05, 3.63) is 94.0 Å². The van der Waals surface area contributed by atoms with Crippen molar-refractivity contribution in [2.24, 2.45) is 5.10 Å². The van der Waals surface area contributed by atoms with Crippen molar-refractivity contribution in [2.75, 3.05) is 0 Å². The van der Waals surface area contributed by atoms with Gasteiger partial charge in [-0.25, -0.2) is 5.43 Å². The zero-order chi connectivity index (χ0) is 27.2. The van der Waals surface area contributed by atoms with E-state index in [1.165, 1.54) is 5.56 Å². The van der Waals surface area contributed by atoms with Crippen molar-refractivity contribution in [3.63, 3.8) is 0 Å². The molecule has 0 heterocycles. The molecule has 196 valence electrons. The molecule has 1 amide bonds. The van der Waals surface area contributed by atoms with Crippen molar-refractivity contribution in [3.8, 4) is 11.5 Å². The van der Waals surface area contributed by atoms with Gasteiger partial charge >= 0.3 is 0 Å². The highest BCUT2D eigenvalue weighted by Gasteiger charge is 2.26. The molecule has 5 nitrogen and oxygen atoms in total. The van der Waals surface area contributed by atoms with E-state index in [1.807, 2.05) is 48.5 Å². The van der Waals surface area contributed by atoms with Crippen LogP contribution in [0.15, 0.2) is 65.8 Å². The molecule has 3 aromatic rings. The topological polar surface area (TPSA) is 70.9 Å². The summed E-state index contributed by atoms with van der Waals surface area (Å²) in [4.78, 5) is 12.4. The summed E-state index contributed by atoms with van der Waals surface area (Å²) in [7, 11) is 0. The van der Waals surface area contributed by atoms with Gasteiger partial charge in [-0.1, -0.05) is 77.9 Å². The Morgan fingerprint density at radius 2 is 1.54 bits per heavy atom. The lowest BCUT2D eigenvalue weighted by Gasteiger charge is -2.28. The third-order valence-corrected chi connectivity index (χ3v) is 6.37. The summed E-state index contributed by atoms with van der Waals surface area (Å²) in [6.07, 6.45) is 2.50. The van der Waals surface area contributed by atoms with E-state index in [9.17, 15) is 9.90 Å². The van der Waals surface area contributed by atoms with Gasteiger partial charge in [0, 0.05) is 6.42 Å². The Labute approximate surface area is 221 Å². The Bertz CT molecular complexity index is 1210. The van der Waals surface area contributed by atoms with Crippen LogP contribution in [0, 0.1) is 6.92 Å². The van der Waals surface area contributed by atoms with Crippen LogP contribution in [-0.4, -0.2) is 17.2 Å². The van der Waals surface area contributed by atoms with E-state index in [2.05, 4.69) is 71.1 Å². The second-order valence-corrected chi connectivity index (χ2v) is 11.6. The summed E-state index contributed by atoms with van der Waals surface area (Å²) in [6, 6.07) is 19.8. The maximum atomic E-state index is 12.4. The van der Waals surface area contributed by atoms with Crippen LogP contribution >= 0.6 is 0 Å². The second kappa shape index (κ2) is 11.6. The lowest BCUT2D eigenvalue weighted by molar-refractivity contribution is -0.121. The molecule has 37 heavy (non-hydrogen) atoms. The van der Waals surface area contributed by atoms with E-state index in [0.29, 0.717) is 25.2 Å². The van der Waals surface area contributed by atoms with E-state index < -0.39 is 0 Å². The number of hydrogen-bond donors (Lipinski definition) is 2. The number of ether oxygens (including phenoxy) is 1. The number of aromatic hydroxyl groups is 1. The molecule has 0 atom stereocenters. The Morgan fingerprint density at radius 3 is 2.11 bits per heavy atom. The molecule has 0 radical (unpaired) electrons. The lowest BCUT2D eigenvalue weighted by Crippen LogP contribution is -2.20. The van der Waals surface area contributed by atoms with Gasteiger partial charge in [0.1, 0.15) is 18.1 Å². The van der Waals surface area contributed by atoms with Crippen LogP contribution in [0.25, 0.3) is 0 Å². The number of nitrogens with one attached hydrogen (secondary N) is 1. The van der Waals surface area contributed by atoms with Crippen LogP contribution in [0.1, 0.15) is 81.3 Å². The number of benzene rings is 3. The fourth-order valence-electron chi connectivity index (χ4n) is 4.06. The molecule has 0 aliphatic rings. The second-order valence-electron chi connectivity index (χ2n) is 11.6. The number of nitrogens with zero attached hydrogens (tertiary/aromatic N) is 1. The number of amides is 1. The van der Waals surface area contributed by atoms with E-state index in [1.54, 1.807) is 6.21 Å². The summed E-state index contributed by atoms with van der Waals surface area (Å²) in [5.41, 5.74) is 8.29. The fraction of sp³-hybridized carbons (Fsp3) is 0.375. The molecular formula is C32H40N2O3. The Hall–Kier alpha value is -3.60. The minimum Gasteiger partial charge on any atom is -0.507 e. The maximum Gasteiger partial charge on any atom is 0.240 e. The molecule has 0 bridgehead atoms. The molecule has 0 saturated heterocycles. The SMILES string of the molecule is Cc1ccccc1COc1ccc(/C=N\NC(=O)CCc2cc(C(C)(C)C)c(O)c(C(C)(C)C)c2)cc1. The largest absolute Gasteiger partial charge is 0.507 e. The Morgan fingerprint density at radius 1 is 0.946 bits per heavy atom. The van der Waals surface area contributed by atoms with Gasteiger partial charge in [-0.2, -0.15) is 5.10 Å². The van der Waals surface area contributed by atoms with Gasteiger partial charge in [-0.05, 0) is 81.8 Å². The molecule has 2 N–H and O–H groups in total. The van der Waals surface area contributed by atoms with Gasteiger partial charge in [0.2, 0.25) is 5.91 Å². The minimum atomic E-state index is -0.201.